The van der Waals surface area contributed by atoms with Gasteiger partial charge in [-0.1, -0.05) is 25.5 Å². The first-order chi connectivity index (χ1) is 6.49. The Balaban J connectivity index is 4.11. The fourth-order valence-corrected chi connectivity index (χ4v) is 1.11. The van der Waals surface area contributed by atoms with Crippen LogP contribution < -0.4 is 5.32 Å². The van der Waals surface area contributed by atoms with Crippen LogP contribution >= 0.6 is 0 Å². The van der Waals surface area contributed by atoms with Crippen molar-refractivity contribution in [3.63, 3.8) is 0 Å². The van der Waals surface area contributed by atoms with E-state index >= 15 is 0 Å². The Hall–Kier alpha value is -0.830. The van der Waals surface area contributed by atoms with Crippen molar-refractivity contribution in [3.8, 4) is 0 Å². The minimum atomic E-state index is -0.212. The summed E-state index contributed by atoms with van der Waals surface area (Å²) < 4.78 is 4.71. The normalized spacial score (nSPS) is 12.4. The number of nitrogens with one attached hydrogen (secondary N) is 1. The summed E-state index contributed by atoms with van der Waals surface area (Å²) in [6.07, 6.45) is 2.05. The second-order valence-electron chi connectivity index (χ2n) is 3.93. The van der Waals surface area contributed by atoms with Gasteiger partial charge < -0.3 is 10.1 Å². The van der Waals surface area contributed by atoms with Crippen LogP contribution in [0, 0.1) is 5.92 Å². The number of esters is 1. The smallest absolute Gasteiger partial charge is 0.323 e. The van der Waals surface area contributed by atoms with Gasteiger partial charge in [0.2, 0.25) is 0 Å². The van der Waals surface area contributed by atoms with Crippen LogP contribution in [0.2, 0.25) is 0 Å². The third-order valence-corrected chi connectivity index (χ3v) is 1.97. The molecule has 0 rings (SSSR count). The number of ether oxygens (including phenoxy) is 1. The summed E-state index contributed by atoms with van der Waals surface area (Å²) in [7, 11) is 1.42. The van der Waals surface area contributed by atoms with Gasteiger partial charge in [-0.2, -0.15) is 0 Å². The van der Waals surface area contributed by atoms with Gasteiger partial charge in [0, 0.05) is 6.54 Å². The average molecular weight is 199 g/mol. The maximum Gasteiger partial charge on any atom is 0.323 e. The first-order valence-corrected chi connectivity index (χ1v) is 4.93. The summed E-state index contributed by atoms with van der Waals surface area (Å²) >= 11 is 0. The lowest BCUT2D eigenvalue weighted by Gasteiger charge is -2.18. The lowest BCUT2D eigenvalue weighted by atomic mass is 10.0. The van der Waals surface area contributed by atoms with Gasteiger partial charge in [0.1, 0.15) is 6.04 Å². The summed E-state index contributed by atoms with van der Waals surface area (Å²) in [5.41, 5.74) is 1.24. The van der Waals surface area contributed by atoms with Crippen LogP contribution in [0.5, 0.6) is 0 Å². The molecule has 0 aromatic carbocycles. The van der Waals surface area contributed by atoms with E-state index in [1.54, 1.807) is 0 Å². The molecule has 0 aromatic heterocycles. The molecule has 0 fully saturated rings. The molecule has 0 heterocycles. The molecule has 1 atom stereocenters. The molecule has 82 valence electrons. The summed E-state index contributed by atoms with van der Waals surface area (Å²) in [5.74, 6) is 0.0511. The Kier molecular flexibility index (Phi) is 6.21. The molecule has 0 aliphatic heterocycles. The molecule has 1 N–H and O–H groups in total. The van der Waals surface area contributed by atoms with E-state index in [0.29, 0.717) is 6.54 Å². The van der Waals surface area contributed by atoms with Crippen molar-refractivity contribution >= 4 is 5.97 Å². The molecule has 0 bridgehead atoms. The maximum absolute atomic E-state index is 11.3. The molecular weight excluding hydrogens is 178 g/mol. The molecule has 3 heteroatoms. The average Bonchev–Trinajstić information content (AvgIpc) is 2.10. The van der Waals surface area contributed by atoms with E-state index in [2.05, 4.69) is 11.4 Å². The molecule has 0 saturated carbocycles. The number of allylic oxidation sites excluding steroid dienone is 1. The van der Waals surface area contributed by atoms with Gasteiger partial charge >= 0.3 is 5.97 Å². The standard InChI is InChI=1S/C11H21NO2/c1-8(2)6-7-12-10(9(3)4)11(13)14-5/h6,9-10,12H,7H2,1-5H3. The number of hydrogen-bond acceptors (Lipinski definition) is 3. The van der Waals surface area contributed by atoms with E-state index in [4.69, 9.17) is 4.74 Å². The molecule has 0 spiro atoms. The van der Waals surface area contributed by atoms with E-state index in [0.717, 1.165) is 0 Å². The zero-order chi connectivity index (χ0) is 11.1. The van der Waals surface area contributed by atoms with Gasteiger partial charge in [0.15, 0.2) is 0 Å². The minimum Gasteiger partial charge on any atom is -0.468 e. The predicted molar refractivity (Wildman–Crippen MR) is 58.1 cm³/mol. The Bertz CT molecular complexity index is 205. The van der Waals surface area contributed by atoms with Crippen LogP contribution in [0.25, 0.3) is 0 Å². The third kappa shape index (κ3) is 5.02. The van der Waals surface area contributed by atoms with Gasteiger partial charge in [-0.25, -0.2) is 0 Å². The van der Waals surface area contributed by atoms with Crippen LogP contribution in [0.3, 0.4) is 0 Å². The van der Waals surface area contributed by atoms with E-state index in [9.17, 15) is 4.79 Å². The molecule has 0 aliphatic rings. The van der Waals surface area contributed by atoms with Crippen LogP contribution in [0.1, 0.15) is 27.7 Å². The zero-order valence-electron chi connectivity index (χ0n) is 9.76. The lowest BCUT2D eigenvalue weighted by Crippen LogP contribution is -2.41. The molecule has 3 nitrogen and oxygen atoms in total. The Morgan fingerprint density at radius 3 is 2.36 bits per heavy atom. The summed E-state index contributed by atoms with van der Waals surface area (Å²) in [5, 5.41) is 3.15. The van der Waals surface area contributed by atoms with Crippen molar-refractivity contribution < 1.29 is 9.53 Å². The SMILES string of the molecule is COC(=O)C(NCC=C(C)C)C(C)C. The number of methoxy groups -OCH3 is 1. The van der Waals surface area contributed by atoms with Gasteiger partial charge in [-0.15, -0.1) is 0 Å². The molecule has 0 saturated heterocycles. The van der Waals surface area contributed by atoms with E-state index < -0.39 is 0 Å². The minimum absolute atomic E-state index is 0.192. The van der Waals surface area contributed by atoms with E-state index in [-0.39, 0.29) is 17.9 Å². The highest BCUT2D eigenvalue weighted by Gasteiger charge is 2.21. The first-order valence-electron chi connectivity index (χ1n) is 4.93. The second kappa shape index (κ2) is 6.60. The van der Waals surface area contributed by atoms with Crippen LogP contribution in [0.15, 0.2) is 11.6 Å². The van der Waals surface area contributed by atoms with Gasteiger partial charge in [0.25, 0.3) is 0 Å². The Labute approximate surface area is 86.5 Å². The predicted octanol–water partition coefficient (Wildman–Crippen LogP) is 1.74. The zero-order valence-corrected chi connectivity index (χ0v) is 9.76. The second-order valence-corrected chi connectivity index (χ2v) is 3.93. The fraction of sp³-hybridized carbons (Fsp3) is 0.727. The third-order valence-electron chi connectivity index (χ3n) is 1.97. The van der Waals surface area contributed by atoms with Gasteiger partial charge in [-0.3, -0.25) is 4.79 Å². The van der Waals surface area contributed by atoms with Crippen LogP contribution in [-0.4, -0.2) is 25.7 Å². The lowest BCUT2D eigenvalue weighted by molar-refractivity contribution is -0.144. The van der Waals surface area contributed by atoms with E-state index in [1.165, 1.54) is 12.7 Å². The summed E-state index contributed by atoms with van der Waals surface area (Å²) in [6, 6.07) is -0.212. The van der Waals surface area contributed by atoms with Crippen molar-refractivity contribution in [2.24, 2.45) is 5.92 Å². The first kappa shape index (κ1) is 13.2. The largest absolute Gasteiger partial charge is 0.468 e. The van der Waals surface area contributed by atoms with Crippen molar-refractivity contribution in [2.45, 2.75) is 33.7 Å². The number of rotatable bonds is 5. The molecule has 0 radical (unpaired) electrons. The maximum atomic E-state index is 11.3. The molecular formula is C11H21NO2. The number of carbonyl (C=O) groups excluding carboxylic acids is 1. The fourth-order valence-electron chi connectivity index (χ4n) is 1.11. The van der Waals surface area contributed by atoms with Gasteiger partial charge in [0.05, 0.1) is 7.11 Å². The Morgan fingerprint density at radius 1 is 1.43 bits per heavy atom. The van der Waals surface area contributed by atoms with Crippen molar-refractivity contribution in [1.82, 2.24) is 5.32 Å². The number of hydrogen-bond donors (Lipinski definition) is 1. The van der Waals surface area contributed by atoms with E-state index in [1.807, 2.05) is 27.7 Å². The molecule has 14 heavy (non-hydrogen) atoms. The van der Waals surface area contributed by atoms with Gasteiger partial charge in [-0.05, 0) is 19.8 Å². The van der Waals surface area contributed by atoms with Crippen LogP contribution in [0.4, 0.5) is 0 Å². The van der Waals surface area contributed by atoms with Crippen LogP contribution in [-0.2, 0) is 9.53 Å². The highest BCUT2D eigenvalue weighted by atomic mass is 16.5. The highest BCUT2D eigenvalue weighted by molar-refractivity contribution is 5.75. The molecule has 0 aliphatic carbocycles. The molecule has 1 unspecified atom stereocenters. The molecule has 0 amide bonds. The van der Waals surface area contributed by atoms with Crippen molar-refractivity contribution in [2.75, 3.05) is 13.7 Å². The molecule has 0 aromatic rings. The monoisotopic (exact) mass is 199 g/mol. The quantitative estimate of drug-likeness (QED) is 0.541. The summed E-state index contributed by atoms with van der Waals surface area (Å²) in [4.78, 5) is 11.3. The van der Waals surface area contributed by atoms with Crippen molar-refractivity contribution in [3.05, 3.63) is 11.6 Å². The topological polar surface area (TPSA) is 38.3 Å². The number of carbonyl (C=O) groups is 1. The summed E-state index contributed by atoms with van der Waals surface area (Å²) in [6.45, 7) is 8.77. The highest BCUT2D eigenvalue weighted by Crippen LogP contribution is 2.03. The van der Waals surface area contributed by atoms with Crippen molar-refractivity contribution in [1.29, 1.82) is 0 Å². The Morgan fingerprint density at radius 2 is 2.00 bits per heavy atom.